The lowest BCUT2D eigenvalue weighted by molar-refractivity contribution is 0.616. The highest BCUT2D eigenvalue weighted by Gasteiger charge is 2.23. The summed E-state index contributed by atoms with van der Waals surface area (Å²) in [6, 6.07) is 13.6. The third-order valence-electron chi connectivity index (χ3n) is 5.43. The molecule has 8 heteroatoms. The zero-order chi connectivity index (χ0) is 22.8. The van der Waals surface area contributed by atoms with Crippen LogP contribution < -0.4 is 0 Å². The highest BCUT2D eigenvalue weighted by Crippen LogP contribution is 2.38. The molecule has 0 aliphatic carbocycles. The van der Waals surface area contributed by atoms with Crippen molar-refractivity contribution in [3.8, 4) is 27.6 Å². The highest BCUT2D eigenvalue weighted by molar-refractivity contribution is 9.10. The third kappa shape index (κ3) is 4.79. The van der Waals surface area contributed by atoms with E-state index in [1.54, 1.807) is 17.4 Å². The maximum Gasteiger partial charge on any atom is 0.168 e. The van der Waals surface area contributed by atoms with E-state index >= 15 is 0 Å². The van der Waals surface area contributed by atoms with Crippen molar-refractivity contribution < 1.29 is 0 Å². The number of aromatic nitrogens is 4. The van der Waals surface area contributed by atoms with E-state index < -0.39 is 0 Å². The second-order valence-electron chi connectivity index (χ2n) is 7.83. The van der Waals surface area contributed by atoms with Crippen molar-refractivity contribution >= 4 is 50.5 Å². The van der Waals surface area contributed by atoms with Gasteiger partial charge in [0.05, 0.1) is 16.4 Å². The van der Waals surface area contributed by atoms with Gasteiger partial charge in [-0.25, -0.2) is 4.68 Å². The lowest BCUT2D eigenvalue weighted by Gasteiger charge is -2.11. The molecule has 2 aromatic carbocycles. The van der Waals surface area contributed by atoms with Crippen molar-refractivity contribution in [3.63, 3.8) is 0 Å². The van der Waals surface area contributed by atoms with Crippen molar-refractivity contribution in [2.45, 2.75) is 46.0 Å². The molecule has 4 rings (SSSR count). The van der Waals surface area contributed by atoms with Crippen LogP contribution in [0.15, 0.2) is 46.9 Å². The van der Waals surface area contributed by atoms with Crippen molar-refractivity contribution in [1.29, 1.82) is 0 Å². The molecule has 1 unspecified atom stereocenters. The largest absolute Gasteiger partial charge is 0.231 e. The first kappa shape index (κ1) is 23.4. The van der Waals surface area contributed by atoms with Gasteiger partial charge in [-0.2, -0.15) is 5.10 Å². The van der Waals surface area contributed by atoms with Crippen molar-refractivity contribution in [3.05, 3.63) is 67.6 Å². The fraction of sp³-hybridized carbons (Fsp3) is 0.292. The van der Waals surface area contributed by atoms with Crippen LogP contribution in [0.2, 0.25) is 10.0 Å². The third-order valence-corrected chi connectivity index (χ3v) is 7.66. The van der Waals surface area contributed by atoms with Crippen LogP contribution in [0, 0.1) is 6.92 Å². The van der Waals surface area contributed by atoms with Crippen molar-refractivity contribution in [2.75, 3.05) is 0 Å². The lowest BCUT2D eigenvalue weighted by atomic mass is 10.1. The normalized spacial score (nSPS) is 12.3. The van der Waals surface area contributed by atoms with E-state index in [1.165, 1.54) is 12.8 Å². The minimum atomic E-state index is 0.389. The van der Waals surface area contributed by atoms with E-state index in [4.69, 9.17) is 28.3 Å². The highest BCUT2D eigenvalue weighted by atomic mass is 79.9. The summed E-state index contributed by atoms with van der Waals surface area (Å²) in [5.41, 5.74) is 4.62. The van der Waals surface area contributed by atoms with E-state index in [2.05, 4.69) is 59.0 Å². The van der Waals surface area contributed by atoms with Gasteiger partial charge >= 0.3 is 0 Å². The SMILES string of the molecule is CCCCC(C)c1nnc(-c2nn(-c3ccc(Cl)cc3Cl)c(-c3ccc(Br)cc3)c2C)s1. The van der Waals surface area contributed by atoms with E-state index in [0.717, 1.165) is 49.1 Å². The van der Waals surface area contributed by atoms with E-state index in [9.17, 15) is 0 Å². The first-order valence-electron chi connectivity index (χ1n) is 10.5. The van der Waals surface area contributed by atoms with E-state index in [1.807, 2.05) is 28.9 Å². The maximum atomic E-state index is 6.57. The molecule has 166 valence electrons. The number of rotatable bonds is 7. The van der Waals surface area contributed by atoms with Gasteiger partial charge in [0.1, 0.15) is 10.7 Å². The minimum Gasteiger partial charge on any atom is -0.231 e. The van der Waals surface area contributed by atoms with Crippen molar-refractivity contribution in [2.24, 2.45) is 0 Å². The molecule has 1 atom stereocenters. The summed E-state index contributed by atoms with van der Waals surface area (Å²) in [7, 11) is 0. The topological polar surface area (TPSA) is 43.6 Å². The maximum absolute atomic E-state index is 6.57. The van der Waals surface area contributed by atoms with Gasteiger partial charge in [-0.05, 0) is 43.7 Å². The molecule has 0 fully saturated rings. The van der Waals surface area contributed by atoms with Crippen LogP contribution in [0.4, 0.5) is 0 Å². The van der Waals surface area contributed by atoms with E-state index in [0.29, 0.717) is 16.0 Å². The Morgan fingerprint density at radius 1 is 1.09 bits per heavy atom. The molecule has 4 nitrogen and oxygen atoms in total. The molecule has 0 bridgehead atoms. The summed E-state index contributed by atoms with van der Waals surface area (Å²) in [5, 5.41) is 16.9. The molecule has 0 saturated heterocycles. The Morgan fingerprint density at radius 3 is 2.53 bits per heavy atom. The molecule has 2 aromatic heterocycles. The van der Waals surface area contributed by atoms with Crippen LogP contribution in [-0.4, -0.2) is 20.0 Å². The molecule has 0 saturated carbocycles. The second-order valence-corrected chi connectivity index (χ2v) is 10.6. The summed E-state index contributed by atoms with van der Waals surface area (Å²) < 4.78 is 2.90. The molecule has 0 N–H and O–H groups in total. The zero-order valence-electron chi connectivity index (χ0n) is 18.1. The van der Waals surface area contributed by atoms with Crippen LogP contribution in [-0.2, 0) is 0 Å². The van der Waals surface area contributed by atoms with Crippen LogP contribution in [0.1, 0.15) is 49.6 Å². The first-order valence-corrected chi connectivity index (χ1v) is 12.9. The predicted molar refractivity (Wildman–Crippen MR) is 138 cm³/mol. The molecule has 0 amide bonds. The summed E-state index contributed by atoms with van der Waals surface area (Å²) in [5.74, 6) is 0.389. The Hall–Kier alpha value is -1.73. The molecular weight excluding hydrogens is 527 g/mol. The molecular formula is C24H23BrCl2N4S. The molecule has 0 aliphatic heterocycles. The minimum absolute atomic E-state index is 0.389. The van der Waals surface area contributed by atoms with Crippen LogP contribution in [0.3, 0.4) is 0 Å². The standard InChI is InChI=1S/C24H23BrCl2N4S/c1-4-5-6-14(2)23-28-29-24(32-23)21-15(3)22(16-7-9-17(25)10-8-16)31(30-21)20-12-11-18(26)13-19(20)27/h7-14H,4-6H2,1-3H3. The Bertz CT molecular complexity index is 1230. The van der Waals surface area contributed by atoms with Crippen LogP contribution in [0.5, 0.6) is 0 Å². The summed E-state index contributed by atoms with van der Waals surface area (Å²) in [6.45, 7) is 6.49. The first-order chi connectivity index (χ1) is 15.4. The Labute approximate surface area is 210 Å². The number of hydrogen-bond donors (Lipinski definition) is 0. The van der Waals surface area contributed by atoms with Gasteiger partial charge in [0.15, 0.2) is 5.01 Å². The molecule has 32 heavy (non-hydrogen) atoms. The average Bonchev–Trinajstić information content (AvgIpc) is 3.38. The molecule has 2 heterocycles. The average molecular weight is 550 g/mol. The van der Waals surface area contributed by atoms with E-state index in [-0.39, 0.29) is 0 Å². The molecule has 0 aliphatic rings. The molecule has 0 radical (unpaired) electrons. The Morgan fingerprint density at radius 2 is 1.84 bits per heavy atom. The second kappa shape index (κ2) is 10.0. The summed E-state index contributed by atoms with van der Waals surface area (Å²) in [6.07, 6.45) is 3.48. The summed E-state index contributed by atoms with van der Waals surface area (Å²) in [4.78, 5) is 0. The fourth-order valence-corrected chi connectivity index (χ4v) is 5.36. The number of halogens is 3. The molecule has 0 spiro atoms. The monoisotopic (exact) mass is 548 g/mol. The van der Waals surface area contributed by atoms with Gasteiger partial charge in [-0.3, -0.25) is 0 Å². The zero-order valence-corrected chi connectivity index (χ0v) is 22.0. The van der Waals surface area contributed by atoms with Gasteiger partial charge in [0.25, 0.3) is 0 Å². The molecule has 4 aromatic rings. The van der Waals surface area contributed by atoms with Crippen LogP contribution >= 0.6 is 50.5 Å². The number of hydrogen-bond acceptors (Lipinski definition) is 4. The Balaban J connectivity index is 1.85. The smallest absolute Gasteiger partial charge is 0.168 e. The predicted octanol–water partition coefficient (Wildman–Crippen LogP) is 8.73. The van der Waals surface area contributed by atoms with Gasteiger partial charge in [-0.1, -0.05) is 89.3 Å². The Kier molecular flexibility index (Phi) is 7.35. The lowest BCUT2D eigenvalue weighted by Crippen LogP contribution is -2.00. The van der Waals surface area contributed by atoms with Gasteiger partial charge in [0, 0.05) is 26.5 Å². The number of unbranched alkanes of at least 4 members (excludes halogenated alkanes) is 1. The quantitative estimate of drug-likeness (QED) is 0.231. The van der Waals surface area contributed by atoms with Gasteiger partial charge in [0.2, 0.25) is 0 Å². The van der Waals surface area contributed by atoms with Crippen LogP contribution in [0.25, 0.3) is 27.6 Å². The van der Waals surface area contributed by atoms with Gasteiger partial charge < -0.3 is 0 Å². The number of nitrogens with zero attached hydrogens (tertiary/aromatic N) is 4. The van der Waals surface area contributed by atoms with Gasteiger partial charge in [-0.15, -0.1) is 10.2 Å². The summed E-state index contributed by atoms with van der Waals surface area (Å²) >= 11 is 17.9. The number of benzene rings is 2. The fourth-order valence-electron chi connectivity index (χ4n) is 3.64. The van der Waals surface area contributed by atoms with Crippen molar-refractivity contribution in [1.82, 2.24) is 20.0 Å².